The first-order valence-electron chi connectivity index (χ1n) is 8.91. The molecule has 3 rings (SSSR count). The minimum Gasteiger partial charge on any atom is -0.335 e. The third-order valence-electron chi connectivity index (χ3n) is 4.76. The molecule has 0 bridgehead atoms. The van der Waals surface area contributed by atoms with E-state index in [9.17, 15) is 4.79 Å². The highest BCUT2D eigenvalue weighted by molar-refractivity contribution is 5.92. The number of piperidine rings is 1. The molecular weight excluding hydrogens is 290 g/mol. The van der Waals surface area contributed by atoms with Gasteiger partial charge in [0.2, 0.25) is 0 Å². The number of hydrogen-bond donors (Lipinski definition) is 1. The van der Waals surface area contributed by atoms with Gasteiger partial charge in [-0.2, -0.15) is 5.10 Å². The Morgan fingerprint density at radius 1 is 1.35 bits per heavy atom. The van der Waals surface area contributed by atoms with Crippen LogP contribution in [0, 0.1) is 5.92 Å². The molecule has 2 aliphatic rings. The number of piperazine rings is 1. The number of nitrogens with one attached hydrogen (secondary N) is 1. The average Bonchev–Trinajstić information content (AvgIpc) is 3.05. The molecule has 128 valence electrons. The number of carbonyl (C=O) groups excluding carboxylic acids is 1. The summed E-state index contributed by atoms with van der Waals surface area (Å²) in [5.41, 5.74) is 0.591. The summed E-state index contributed by atoms with van der Waals surface area (Å²) in [6, 6.07) is 2.26. The van der Waals surface area contributed by atoms with Crippen molar-refractivity contribution < 1.29 is 4.79 Å². The third kappa shape index (κ3) is 4.12. The van der Waals surface area contributed by atoms with E-state index in [0.717, 1.165) is 52.2 Å². The summed E-state index contributed by atoms with van der Waals surface area (Å²) in [5.74, 6) is 0.758. The zero-order valence-corrected chi connectivity index (χ0v) is 14.4. The highest BCUT2D eigenvalue weighted by atomic mass is 16.2. The first kappa shape index (κ1) is 16.5. The van der Waals surface area contributed by atoms with Gasteiger partial charge in [0, 0.05) is 45.5 Å². The van der Waals surface area contributed by atoms with Gasteiger partial charge in [-0.15, -0.1) is 0 Å². The van der Waals surface area contributed by atoms with Crippen molar-refractivity contribution in [3.8, 4) is 0 Å². The molecule has 6 nitrogen and oxygen atoms in total. The summed E-state index contributed by atoms with van der Waals surface area (Å²) >= 11 is 0. The van der Waals surface area contributed by atoms with Gasteiger partial charge in [0.25, 0.3) is 5.91 Å². The molecule has 0 aliphatic carbocycles. The maximum absolute atomic E-state index is 12.6. The average molecular weight is 319 g/mol. The van der Waals surface area contributed by atoms with E-state index in [1.165, 1.54) is 6.42 Å². The standard InChI is InChI=1S/C17H29N5O/c1-14(2)13-20-8-10-21(11-9-20)17(23)16-5-7-22(19-16)15-4-3-6-18-12-15/h5,7,14-15,18H,3-4,6,8-13H2,1-2H3. The minimum atomic E-state index is 0.0803. The molecule has 2 fully saturated rings. The van der Waals surface area contributed by atoms with Crippen molar-refractivity contribution in [1.82, 2.24) is 24.9 Å². The van der Waals surface area contributed by atoms with Crippen LogP contribution in [0.1, 0.15) is 43.2 Å². The summed E-state index contributed by atoms with van der Waals surface area (Å²) in [6.45, 7) is 11.2. The fourth-order valence-electron chi connectivity index (χ4n) is 3.53. The molecule has 0 saturated carbocycles. The number of hydrogen-bond acceptors (Lipinski definition) is 4. The SMILES string of the molecule is CC(C)CN1CCN(C(=O)c2ccn(C3CCCNC3)n2)CC1. The lowest BCUT2D eigenvalue weighted by atomic mass is 10.1. The van der Waals surface area contributed by atoms with Crippen LogP contribution >= 0.6 is 0 Å². The Bertz CT molecular complexity index is 513. The lowest BCUT2D eigenvalue weighted by Crippen LogP contribution is -2.49. The van der Waals surface area contributed by atoms with Crippen molar-refractivity contribution in [2.75, 3.05) is 45.8 Å². The zero-order chi connectivity index (χ0) is 16.2. The molecule has 2 saturated heterocycles. The molecule has 3 heterocycles. The molecule has 1 aromatic rings. The first-order chi connectivity index (χ1) is 11.1. The Morgan fingerprint density at radius 2 is 2.13 bits per heavy atom. The molecule has 0 aromatic carbocycles. The second kappa shape index (κ2) is 7.45. The number of amides is 1. The van der Waals surface area contributed by atoms with Crippen molar-refractivity contribution in [3.63, 3.8) is 0 Å². The molecule has 1 N–H and O–H groups in total. The summed E-state index contributed by atoms with van der Waals surface area (Å²) in [5, 5.41) is 7.94. The van der Waals surface area contributed by atoms with Crippen molar-refractivity contribution in [1.29, 1.82) is 0 Å². The van der Waals surface area contributed by atoms with Gasteiger partial charge in [-0.25, -0.2) is 0 Å². The van der Waals surface area contributed by atoms with Gasteiger partial charge in [0.15, 0.2) is 0 Å². The Labute approximate surface area is 138 Å². The number of carbonyl (C=O) groups is 1. The summed E-state index contributed by atoms with van der Waals surface area (Å²) in [4.78, 5) is 17.0. The van der Waals surface area contributed by atoms with E-state index in [2.05, 4.69) is 29.2 Å². The molecule has 0 radical (unpaired) electrons. The van der Waals surface area contributed by atoms with Crippen LogP contribution in [0.3, 0.4) is 0 Å². The number of rotatable bonds is 4. The molecule has 6 heteroatoms. The normalized spacial score (nSPS) is 23.4. The maximum Gasteiger partial charge on any atom is 0.274 e. The summed E-state index contributed by atoms with van der Waals surface area (Å²) in [6.07, 6.45) is 4.27. The Morgan fingerprint density at radius 3 is 2.78 bits per heavy atom. The third-order valence-corrected chi connectivity index (χ3v) is 4.76. The van der Waals surface area contributed by atoms with Gasteiger partial charge in [0.1, 0.15) is 5.69 Å². The Hall–Kier alpha value is -1.40. The van der Waals surface area contributed by atoms with E-state index in [1.54, 1.807) is 0 Å². The number of aromatic nitrogens is 2. The summed E-state index contributed by atoms with van der Waals surface area (Å²) < 4.78 is 1.97. The van der Waals surface area contributed by atoms with Gasteiger partial charge in [0.05, 0.1) is 6.04 Å². The second-order valence-electron chi connectivity index (χ2n) is 7.17. The van der Waals surface area contributed by atoms with Gasteiger partial charge in [-0.3, -0.25) is 14.4 Å². The molecule has 2 aliphatic heterocycles. The van der Waals surface area contributed by atoms with E-state index in [0.29, 0.717) is 17.7 Å². The predicted molar refractivity (Wildman–Crippen MR) is 90.5 cm³/mol. The van der Waals surface area contributed by atoms with E-state index in [1.807, 2.05) is 21.8 Å². The maximum atomic E-state index is 12.6. The van der Waals surface area contributed by atoms with Crippen molar-refractivity contribution in [3.05, 3.63) is 18.0 Å². The van der Waals surface area contributed by atoms with Crippen LogP contribution in [-0.4, -0.2) is 71.3 Å². The van der Waals surface area contributed by atoms with E-state index in [4.69, 9.17) is 0 Å². The fraction of sp³-hybridized carbons (Fsp3) is 0.765. The van der Waals surface area contributed by atoms with Gasteiger partial charge < -0.3 is 10.2 Å². The first-order valence-corrected chi connectivity index (χ1v) is 8.91. The second-order valence-corrected chi connectivity index (χ2v) is 7.17. The van der Waals surface area contributed by atoms with Crippen LogP contribution in [0.2, 0.25) is 0 Å². The molecule has 1 amide bonds. The largest absolute Gasteiger partial charge is 0.335 e. The Kier molecular flexibility index (Phi) is 5.33. The Balaban J connectivity index is 1.55. The van der Waals surface area contributed by atoms with Gasteiger partial charge >= 0.3 is 0 Å². The fourth-order valence-corrected chi connectivity index (χ4v) is 3.53. The molecule has 1 aromatic heterocycles. The van der Waals surface area contributed by atoms with Crippen molar-refractivity contribution in [2.24, 2.45) is 5.92 Å². The van der Waals surface area contributed by atoms with E-state index in [-0.39, 0.29) is 5.91 Å². The lowest BCUT2D eigenvalue weighted by molar-refractivity contribution is 0.0616. The van der Waals surface area contributed by atoms with E-state index >= 15 is 0 Å². The predicted octanol–water partition coefficient (Wildman–Crippen LogP) is 1.22. The van der Waals surface area contributed by atoms with Crippen molar-refractivity contribution in [2.45, 2.75) is 32.7 Å². The topological polar surface area (TPSA) is 53.4 Å². The minimum absolute atomic E-state index is 0.0803. The van der Waals surface area contributed by atoms with Crippen LogP contribution in [-0.2, 0) is 0 Å². The molecule has 23 heavy (non-hydrogen) atoms. The quantitative estimate of drug-likeness (QED) is 0.907. The zero-order valence-electron chi connectivity index (χ0n) is 14.4. The monoisotopic (exact) mass is 319 g/mol. The van der Waals surface area contributed by atoms with Gasteiger partial charge in [-0.1, -0.05) is 13.8 Å². The van der Waals surface area contributed by atoms with Crippen LogP contribution < -0.4 is 5.32 Å². The van der Waals surface area contributed by atoms with Crippen LogP contribution in [0.4, 0.5) is 0 Å². The van der Waals surface area contributed by atoms with Crippen molar-refractivity contribution >= 4 is 5.91 Å². The summed E-state index contributed by atoms with van der Waals surface area (Å²) in [7, 11) is 0. The van der Waals surface area contributed by atoms with Crippen LogP contribution in [0.15, 0.2) is 12.3 Å². The van der Waals surface area contributed by atoms with Crippen LogP contribution in [0.5, 0.6) is 0 Å². The molecular formula is C17H29N5O. The van der Waals surface area contributed by atoms with Crippen LogP contribution in [0.25, 0.3) is 0 Å². The smallest absolute Gasteiger partial charge is 0.274 e. The lowest BCUT2D eigenvalue weighted by Gasteiger charge is -2.35. The molecule has 1 atom stereocenters. The van der Waals surface area contributed by atoms with Gasteiger partial charge in [-0.05, 0) is 31.4 Å². The highest BCUT2D eigenvalue weighted by Crippen LogP contribution is 2.16. The molecule has 1 unspecified atom stereocenters. The molecule has 0 spiro atoms. The number of nitrogens with zero attached hydrogens (tertiary/aromatic N) is 4. The highest BCUT2D eigenvalue weighted by Gasteiger charge is 2.25. The van der Waals surface area contributed by atoms with E-state index < -0.39 is 0 Å².